The van der Waals surface area contributed by atoms with E-state index in [1.54, 1.807) is 7.11 Å². The lowest BCUT2D eigenvalue weighted by Crippen LogP contribution is -2.50. The quantitative estimate of drug-likeness (QED) is 0.742. The third-order valence-electron chi connectivity index (χ3n) is 5.45. The van der Waals surface area contributed by atoms with E-state index in [4.69, 9.17) is 4.74 Å². The normalized spacial score (nSPS) is 20.4. The molecule has 1 fully saturated rings. The Bertz CT molecular complexity index is 700. The predicted octanol–water partition coefficient (Wildman–Crippen LogP) is 4.11. The highest BCUT2D eigenvalue weighted by Crippen LogP contribution is 2.23. The summed E-state index contributed by atoms with van der Waals surface area (Å²) in [6.45, 7) is 5.39. The molecule has 0 unspecified atom stereocenters. The first kappa shape index (κ1) is 19.9. The number of hydrogen-bond acceptors (Lipinski definition) is 4. The number of thiophene rings is 1. The van der Waals surface area contributed by atoms with Gasteiger partial charge in [-0.15, -0.1) is 11.3 Å². The van der Waals surface area contributed by atoms with E-state index in [-0.39, 0.29) is 5.91 Å². The number of nitrogens with one attached hydrogen (secondary N) is 1. The number of benzene rings is 1. The predicted molar refractivity (Wildman–Crippen MR) is 111 cm³/mol. The second-order valence-electron chi connectivity index (χ2n) is 7.29. The van der Waals surface area contributed by atoms with Crippen LogP contribution in [0.5, 0.6) is 5.75 Å². The molecule has 1 aliphatic rings. The van der Waals surface area contributed by atoms with E-state index >= 15 is 0 Å². The molecule has 0 aliphatic carbocycles. The molecule has 5 heteroatoms. The zero-order valence-corrected chi connectivity index (χ0v) is 17.1. The summed E-state index contributed by atoms with van der Waals surface area (Å²) < 4.78 is 5.18. The van der Waals surface area contributed by atoms with Crippen LogP contribution in [-0.2, 0) is 17.8 Å². The summed E-state index contributed by atoms with van der Waals surface area (Å²) in [4.78, 5) is 16.4. The highest BCUT2D eigenvalue weighted by atomic mass is 32.1. The van der Waals surface area contributed by atoms with Gasteiger partial charge >= 0.3 is 0 Å². The number of rotatable bonds is 8. The van der Waals surface area contributed by atoms with Crippen molar-refractivity contribution >= 4 is 17.2 Å². The van der Waals surface area contributed by atoms with Crippen LogP contribution in [-0.4, -0.2) is 37.0 Å². The Kier molecular flexibility index (Phi) is 7.30. The van der Waals surface area contributed by atoms with E-state index in [9.17, 15) is 4.79 Å². The van der Waals surface area contributed by atoms with Gasteiger partial charge in [-0.05, 0) is 47.9 Å². The maximum Gasteiger partial charge on any atom is 0.220 e. The van der Waals surface area contributed by atoms with Crippen LogP contribution in [0.15, 0.2) is 41.8 Å². The Morgan fingerprint density at radius 3 is 2.78 bits per heavy atom. The molecule has 1 aromatic carbocycles. The number of amides is 1. The fourth-order valence-corrected chi connectivity index (χ4v) is 4.55. The highest BCUT2D eigenvalue weighted by molar-refractivity contribution is 7.09. The average molecular weight is 387 g/mol. The second-order valence-corrected chi connectivity index (χ2v) is 8.33. The molecule has 1 amide bonds. The van der Waals surface area contributed by atoms with E-state index in [1.165, 1.54) is 10.4 Å². The van der Waals surface area contributed by atoms with Gasteiger partial charge in [0, 0.05) is 37.0 Å². The standard InChI is InChI=1S/C22H30N2O2S/c1-3-18-15-24(16-20-5-4-14-27-20)13-12-21(18)23-22(25)11-8-17-6-9-19(26-2)10-7-17/h4-7,9-10,14,18,21H,3,8,11-13,15-16H2,1-2H3,(H,23,25)/t18-,21+/m1/s1. The first-order valence-corrected chi connectivity index (χ1v) is 10.7. The molecule has 1 saturated heterocycles. The number of carbonyl (C=O) groups excluding carboxylic acids is 1. The molecule has 0 spiro atoms. The molecule has 2 aromatic rings. The highest BCUT2D eigenvalue weighted by Gasteiger charge is 2.29. The number of nitrogens with zero attached hydrogens (tertiary/aromatic N) is 1. The SMILES string of the molecule is CC[C@@H]1CN(Cc2cccs2)CC[C@@H]1NC(=O)CCc1ccc(OC)cc1. The van der Waals surface area contributed by atoms with Gasteiger partial charge in [0.2, 0.25) is 5.91 Å². The molecular weight excluding hydrogens is 356 g/mol. The second kappa shape index (κ2) is 9.90. The number of aryl methyl sites for hydroxylation is 1. The molecule has 2 heterocycles. The maximum absolute atomic E-state index is 12.5. The number of methoxy groups -OCH3 is 1. The third-order valence-corrected chi connectivity index (χ3v) is 6.31. The van der Waals surface area contributed by atoms with Crippen LogP contribution in [0.25, 0.3) is 0 Å². The number of likely N-dealkylation sites (tertiary alicyclic amines) is 1. The van der Waals surface area contributed by atoms with Gasteiger partial charge < -0.3 is 10.1 Å². The lowest BCUT2D eigenvalue weighted by Gasteiger charge is -2.38. The van der Waals surface area contributed by atoms with Crippen LogP contribution in [0.4, 0.5) is 0 Å². The number of ether oxygens (including phenoxy) is 1. The topological polar surface area (TPSA) is 41.6 Å². The van der Waals surface area contributed by atoms with Crippen LogP contribution in [0.3, 0.4) is 0 Å². The summed E-state index contributed by atoms with van der Waals surface area (Å²) in [5.41, 5.74) is 1.17. The largest absolute Gasteiger partial charge is 0.497 e. The Hall–Kier alpha value is -1.85. The van der Waals surface area contributed by atoms with Crippen molar-refractivity contribution in [2.24, 2.45) is 5.92 Å². The summed E-state index contributed by atoms with van der Waals surface area (Å²) in [7, 11) is 1.67. The summed E-state index contributed by atoms with van der Waals surface area (Å²) in [6, 6.07) is 12.6. The number of piperidine rings is 1. The van der Waals surface area contributed by atoms with Crippen molar-refractivity contribution in [2.75, 3.05) is 20.2 Å². The summed E-state index contributed by atoms with van der Waals surface area (Å²) in [5, 5.41) is 5.45. The molecule has 27 heavy (non-hydrogen) atoms. The van der Waals surface area contributed by atoms with E-state index in [0.717, 1.165) is 44.6 Å². The molecule has 3 rings (SSSR count). The van der Waals surface area contributed by atoms with Crippen molar-refractivity contribution in [1.29, 1.82) is 0 Å². The fraction of sp³-hybridized carbons (Fsp3) is 0.500. The molecular formula is C22H30N2O2S. The summed E-state index contributed by atoms with van der Waals surface area (Å²) in [5.74, 6) is 1.55. The Labute approximate surface area is 166 Å². The third kappa shape index (κ3) is 5.81. The molecule has 0 bridgehead atoms. The van der Waals surface area contributed by atoms with Crippen LogP contribution >= 0.6 is 11.3 Å². The first-order chi connectivity index (χ1) is 13.2. The Morgan fingerprint density at radius 2 is 2.11 bits per heavy atom. The van der Waals surface area contributed by atoms with Gasteiger partial charge in [0.1, 0.15) is 5.75 Å². The van der Waals surface area contributed by atoms with E-state index in [0.29, 0.717) is 18.4 Å². The van der Waals surface area contributed by atoms with Crippen molar-refractivity contribution in [3.8, 4) is 5.75 Å². The van der Waals surface area contributed by atoms with Gasteiger partial charge in [-0.25, -0.2) is 0 Å². The summed E-state index contributed by atoms with van der Waals surface area (Å²) in [6.07, 6.45) is 3.45. The zero-order chi connectivity index (χ0) is 19.1. The van der Waals surface area contributed by atoms with Crippen LogP contribution in [0, 0.1) is 5.92 Å². The molecule has 1 aliphatic heterocycles. The van der Waals surface area contributed by atoms with Crippen molar-refractivity contribution in [3.05, 3.63) is 52.2 Å². The minimum Gasteiger partial charge on any atom is -0.497 e. The van der Waals surface area contributed by atoms with Gasteiger partial charge in [0.05, 0.1) is 7.11 Å². The molecule has 1 N–H and O–H groups in total. The monoisotopic (exact) mass is 386 g/mol. The van der Waals surface area contributed by atoms with Crippen molar-refractivity contribution < 1.29 is 9.53 Å². The molecule has 146 valence electrons. The Balaban J connectivity index is 1.45. The van der Waals surface area contributed by atoms with E-state index in [2.05, 4.69) is 34.7 Å². The van der Waals surface area contributed by atoms with Gasteiger partial charge in [-0.3, -0.25) is 9.69 Å². The van der Waals surface area contributed by atoms with Gasteiger partial charge in [0.25, 0.3) is 0 Å². The molecule has 0 radical (unpaired) electrons. The zero-order valence-electron chi connectivity index (χ0n) is 16.3. The van der Waals surface area contributed by atoms with Crippen molar-refractivity contribution in [1.82, 2.24) is 10.2 Å². The number of carbonyl (C=O) groups is 1. The van der Waals surface area contributed by atoms with Gasteiger partial charge in [-0.1, -0.05) is 31.5 Å². The fourth-order valence-electron chi connectivity index (χ4n) is 3.81. The van der Waals surface area contributed by atoms with Crippen LogP contribution in [0.1, 0.15) is 36.6 Å². The lowest BCUT2D eigenvalue weighted by molar-refractivity contribution is -0.122. The summed E-state index contributed by atoms with van der Waals surface area (Å²) >= 11 is 1.82. The molecule has 2 atom stereocenters. The molecule has 4 nitrogen and oxygen atoms in total. The lowest BCUT2D eigenvalue weighted by atomic mass is 9.89. The maximum atomic E-state index is 12.5. The smallest absolute Gasteiger partial charge is 0.220 e. The molecule has 1 aromatic heterocycles. The van der Waals surface area contributed by atoms with Crippen molar-refractivity contribution in [3.63, 3.8) is 0 Å². The van der Waals surface area contributed by atoms with E-state index in [1.807, 2.05) is 35.6 Å². The van der Waals surface area contributed by atoms with Crippen LogP contribution in [0.2, 0.25) is 0 Å². The van der Waals surface area contributed by atoms with Gasteiger partial charge in [-0.2, -0.15) is 0 Å². The Morgan fingerprint density at radius 1 is 1.30 bits per heavy atom. The van der Waals surface area contributed by atoms with Crippen molar-refractivity contribution in [2.45, 2.75) is 45.2 Å². The van der Waals surface area contributed by atoms with Gasteiger partial charge in [0.15, 0.2) is 0 Å². The van der Waals surface area contributed by atoms with E-state index < -0.39 is 0 Å². The molecule has 0 saturated carbocycles. The van der Waals surface area contributed by atoms with Crippen LogP contribution < -0.4 is 10.1 Å². The first-order valence-electron chi connectivity index (χ1n) is 9.85. The minimum absolute atomic E-state index is 0.168. The average Bonchev–Trinajstić information content (AvgIpc) is 3.21. The number of hydrogen-bond donors (Lipinski definition) is 1. The minimum atomic E-state index is 0.168.